The van der Waals surface area contributed by atoms with Crippen LogP contribution in [0, 0.1) is 5.92 Å². The Balaban J connectivity index is 2.59. The fourth-order valence-electron chi connectivity index (χ4n) is 1.82. The van der Waals surface area contributed by atoms with E-state index >= 15 is 0 Å². The smallest absolute Gasteiger partial charge is 0.403 e. The normalized spacial score (nSPS) is 21.3. The van der Waals surface area contributed by atoms with Gasteiger partial charge in [0.1, 0.15) is 0 Å². The van der Waals surface area contributed by atoms with E-state index in [0.29, 0.717) is 0 Å². The second kappa shape index (κ2) is 5.63. The Bertz CT molecular complexity index is 429. The van der Waals surface area contributed by atoms with Crippen LogP contribution in [-0.2, 0) is 14.8 Å². The molecule has 1 fully saturated rings. The van der Waals surface area contributed by atoms with E-state index < -0.39 is 34.6 Å². The molecule has 6 nitrogen and oxygen atoms in total. The van der Waals surface area contributed by atoms with Gasteiger partial charge in [0.2, 0.25) is 10.0 Å². The second-order valence-corrected chi connectivity index (χ2v) is 6.38. The molecule has 0 spiro atoms. The number of halogens is 3. The van der Waals surface area contributed by atoms with Crippen molar-refractivity contribution < 1.29 is 31.5 Å². The van der Waals surface area contributed by atoms with Gasteiger partial charge < -0.3 is 5.11 Å². The van der Waals surface area contributed by atoms with Gasteiger partial charge in [-0.05, 0) is 0 Å². The van der Waals surface area contributed by atoms with Crippen LogP contribution in [0.1, 0.15) is 0 Å². The van der Waals surface area contributed by atoms with E-state index in [1.165, 1.54) is 4.90 Å². The number of hydrogen-bond acceptors (Lipinski definition) is 4. The molecule has 0 aromatic rings. The molecule has 1 unspecified atom stereocenters. The molecule has 0 aliphatic carbocycles. The van der Waals surface area contributed by atoms with Crippen LogP contribution in [0.5, 0.6) is 0 Å². The Hall–Kier alpha value is -0.870. The highest BCUT2D eigenvalue weighted by Gasteiger charge is 2.46. The Kier molecular flexibility index (Phi) is 4.80. The summed E-state index contributed by atoms with van der Waals surface area (Å²) >= 11 is 0. The molecule has 0 amide bonds. The third-order valence-corrected chi connectivity index (χ3v) is 4.24. The molecule has 112 valence electrons. The molecule has 0 aromatic heterocycles. The van der Waals surface area contributed by atoms with Gasteiger partial charge in [0.05, 0.1) is 6.26 Å². The minimum absolute atomic E-state index is 0.0724. The number of hydrogen-bond donors (Lipinski definition) is 1. The first-order valence-electron chi connectivity index (χ1n) is 5.49. The minimum Gasteiger partial charge on any atom is -0.481 e. The lowest BCUT2D eigenvalue weighted by atomic mass is 10.1. The molecule has 10 heteroatoms. The van der Waals surface area contributed by atoms with Gasteiger partial charge in [-0.1, -0.05) is 0 Å². The summed E-state index contributed by atoms with van der Waals surface area (Å²) < 4.78 is 61.0. The molecule has 0 saturated carbocycles. The Morgan fingerprint density at radius 3 is 2.05 bits per heavy atom. The summed E-state index contributed by atoms with van der Waals surface area (Å²) in [6, 6.07) is 0. The third-order valence-electron chi connectivity index (χ3n) is 2.93. The van der Waals surface area contributed by atoms with Gasteiger partial charge in [0.15, 0.2) is 5.92 Å². The number of nitrogens with zero attached hydrogens (tertiary/aromatic N) is 2. The highest BCUT2D eigenvalue weighted by atomic mass is 32.2. The van der Waals surface area contributed by atoms with Crippen molar-refractivity contribution in [3.63, 3.8) is 0 Å². The standard InChI is InChI=1S/C9H15F3N2O4S/c1-19(17,18)14-4-2-13(3-5-14)6-7(8(15)16)9(10,11)12/h7H,2-6H2,1H3,(H,15,16). The molecule has 0 bridgehead atoms. The minimum atomic E-state index is -4.81. The first-order valence-corrected chi connectivity index (χ1v) is 7.33. The van der Waals surface area contributed by atoms with Gasteiger partial charge in [0.25, 0.3) is 0 Å². The van der Waals surface area contributed by atoms with Crippen LogP contribution in [-0.4, -0.2) is 73.9 Å². The maximum absolute atomic E-state index is 12.5. The number of rotatable bonds is 4. The number of alkyl halides is 3. The summed E-state index contributed by atoms with van der Waals surface area (Å²) in [5.41, 5.74) is 0. The molecule has 1 saturated heterocycles. The van der Waals surface area contributed by atoms with E-state index in [9.17, 15) is 26.4 Å². The lowest BCUT2D eigenvalue weighted by Crippen LogP contribution is -2.51. The molecule has 0 radical (unpaired) electrons. The number of aliphatic carboxylic acids is 1. The van der Waals surface area contributed by atoms with Crippen molar-refractivity contribution >= 4 is 16.0 Å². The summed E-state index contributed by atoms with van der Waals surface area (Å²) in [7, 11) is -3.35. The SMILES string of the molecule is CS(=O)(=O)N1CCN(CC(C(=O)O)C(F)(F)F)CC1. The molecule has 1 heterocycles. The van der Waals surface area contributed by atoms with Crippen LogP contribution < -0.4 is 0 Å². The number of piperazine rings is 1. The highest BCUT2D eigenvalue weighted by molar-refractivity contribution is 7.88. The lowest BCUT2D eigenvalue weighted by Gasteiger charge is -2.34. The molecule has 1 N–H and O–H groups in total. The van der Waals surface area contributed by atoms with Gasteiger partial charge in [-0.25, -0.2) is 8.42 Å². The maximum atomic E-state index is 12.5. The third kappa shape index (κ3) is 4.62. The van der Waals surface area contributed by atoms with Crippen LogP contribution in [0.25, 0.3) is 0 Å². The summed E-state index contributed by atoms with van der Waals surface area (Å²) in [4.78, 5) is 11.9. The van der Waals surface area contributed by atoms with Crippen molar-refractivity contribution in [3.8, 4) is 0 Å². The van der Waals surface area contributed by atoms with E-state index in [1.54, 1.807) is 0 Å². The van der Waals surface area contributed by atoms with Gasteiger partial charge in [0, 0.05) is 32.7 Å². The molecular weight excluding hydrogens is 289 g/mol. The van der Waals surface area contributed by atoms with Crippen molar-refractivity contribution in [2.75, 3.05) is 39.0 Å². The van der Waals surface area contributed by atoms with Crippen molar-refractivity contribution in [2.45, 2.75) is 6.18 Å². The largest absolute Gasteiger partial charge is 0.481 e. The van der Waals surface area contributed by atoms with Gasteiger partial charge >= 0.3 is 12.1 Å². The second-order valence-electron chi connectivity index (χ2n) is 4.40. The first-order chi connectivity index (χ1) is 8.51. The monoisotopic (exact) mass is 304 g/mol. The Morgan fingerprint density at radius 1 is 1.26 bits per heavy atom. The van der Waals surface area contributed by atoms with Crippen LogP contribution >= 0.6 is 0 Å². The van der Waals surface area contributed by atoms with E-state index in [4.69, 9.17) is 5.11 Å². The number of carboxylic acids is 1. The van der Waals surface area contributed by atoms with Crippen LogP contribution in [0.4, 0.5) is 13.2 Å². The zero-order valence-corrected chi connectivity index (χ0v) is 11.0. The predicted molar refractivity (Wildman–Crippen MR) is 60.0 cm³/mol. The molecular formula is C9H15F3N2O4S. The molecule has 1 aliphatic heterocycles. The lowest BCUT2D eigenvalue weighted by molar-refractivity contribution is -0.196. The first kappa shape index (κ1) is 16.2. The van der Waals surface area contributed by atoms with E-state index in [-0.39, 0.29) is 26.2 Å². The molecule has 19 heavy (non-hydrogen) atoms. The zero-order valence-electron chi connectivity index (χ0n) is 10.2. The quantitative estimate of drug-likeness (QED) is 0.780. The van der Waals surface area contributed by atoms with E-state index in [1.807, 2.05) is 0 Å². The van der Waals surface area contributed by atoms with Crippen LogP contribution in [0.3, 0.4) is 0 Å². The van der Waals surface area contributed by atoms with Gasteiger partial charge in [-0.3, -0.25) is 9.69 Å². The number of carbonyl (C=O) groups is 1. The van der Waals surface area contributed by atoms with Crippen molar-refractivity contribution in [2.24, 2.45) is 5.92 Å². The summed E-state index contributed by atoms with van der Waals surface area (Å²) in [5, 5.41) is 8.57. The number of carboxylic acid groups (broad SMARTS) is 1. The van der Waals surface area contributed by atoms with E-state index in [2.05, 4.69) is 0 Å². The molecule has 1 rings (SSSR count). The van der Waals surface area contributed by atoms with Gasteiger partial charge in [-0.2, -0.15) is 17.5 Å². The Morgan fingerprint density at radius 2 is 1.74 bits per heavy atom. The molecule has 1 atom stereocenters. The van der Waals surface area contributed by atoms with E-state index in [0.717, 1.165) is 10.6 Å². The van der Waals surface area contributed by atoms with Crippen LogP contribution in [0.15, 0.2) is 0 Å². The summed E-state index contributed by atoms with van der Waals surface area (Å²) in [5.74, 6) is -4.37. The van der Waals surface area contributed by atoms with Gasteiger partial charge in [-0.15, -0.1) is 0 Å². The summed E-state index contributed by atoms with van der Waals surface area (Å²) in [6.07, 6.45) is -3.78. The molecule has 1 aliphatic rings. The predicted octanol–water partition coefficient (Wildman–Crippen LogP) is -0.173. The highest BCUT2D eigenvalue weighted by Crippen LogP contribution is 2.27. The van der Waals surface area contributed by atoms with Crippen molar-refractivity contribution in [3.05, 3.63) is 0 Å². The zero-order chi connectivity index (χ0) is 14.8. The van der Waals surface area contributed by atoms with Crippen LogP contribution in [0.2, 0.25) is 0 Å². The average molecular weight is 304 g/mol. The maximum Gasteiger partial charge on any atom is 0.403 e. The summed E-state index contributed by atoms with van der Waals surface area (Å²) in [6.45, 7) is -0.331. The Labute approximate surface area is 108 Å². The number of sulfonamides is 1. The average Bonchev–Trinajstić information content (AvgIpc) is 2.23. The fourth-order valence-corrected chi connectivity index (χ4v) is 2.65. The van der Waals surface area contributed by atoms with Crippen molar-refractivity contribution in [1.29, 1.82) is 0 Å². The fraction of sp³-hybridized carbons (Fsp3) is 0.889. The molecule has 0 aromatic carbocycles. The van der Waals surface area contributed by atoms with Crippen molar-refractivity contribution in [1.82, 2.24) is 9.21 Å². The topological polar surface area (TPSA) is 77.9 Å².